The van der Waals surface area contributed by atoms with Gasteiger partial charge in [0.15, 0.2) is 0 Å². The third-order valence-corrected chi connectivity index (χ3v) is 3.13. The summed E-state index contributed by atoms with van der Waals surface area (Å²) in [4.78, 5) is 0. The van der Waals surface area contributed by atoms with Crippen LogP contribution in [0.3, 0.4) is 0 Å². The summed E-state index contributed by atoms with van der Waals surface area (Å²) in [6.07, 6.45) is 0.956. The Morgan fingerprint density at radius 1 is 1.44 bits per heavy atom. The van der Waals surface area contributed by atoms with E-state index in [1.807, 2.05) is 6.07 Å². The number of ether oxygens (including phenoxy) is 1. The lowest BCUT2D eigenvalue weighted by atomic mass is 9.89. The molecule has 1 fully saturated rings. The first-order chi connectivity index (χ1) is 7.68. The van der Waals surface area contributed by atoms with Crippen LogP contribution in [0.15, 0.2) is 30.3 Å². The molecule has 3 heteroatoms. The molecule has 3 nitrogen and oxygen atoms in total. The van der Waals surface area contributed by atoms with Crippen molar-refractivity contribution < 1.29 is 4.74 Å². The van der Waals surface area contributed by atoms with Gasteiger partial charge in [-0.1, -0.05) is 30.3 Å². The maximum atomic E-state index is 6.28. The topological polar surface area (TPSA) is 47.3 Å². The third kappa shape index (κ3) is 2.82. The fourth-order valence-corrected chi connectivity index (χ4v) is 2.09. The van der Waals surface area contributed by atoms with E-state index in [2.05, 4.69) is 36.5 Å². The van der Waals surface area contributed by atoms with Gasteiger partial charge in [-0.2, -0.15) is 0 Å². The second kappa shape index (κ2) is 4.95. The summed E-state index contributed by atoms with van der Waals surface area (Å²) in [5, 5.41) is 3.47. The molecule has 0 aromatic heterocycles. The molecule has 0 amide bonds. The van der Waals surface area contributed by atoms with E-state index in [0.29, 0.717) is 6.61 Å². The SMILES string of the molecule is CC1(N)COCCNC1Cc1ccccc1. The van der Waals surface area contributed by atoms with Crippen LogP contribution < -0.4 is 11.1 Å². The Kier molecular flexibility index (Phi) is 3.59. The summed E-state index contributed by atoms with van der Waals surface area (Å²) in [7, 11) is 0. The first kappa shape index (κ1) is 11.6. The fourth-order valence-electron chi connectivity index (χ4n) is 2.09. The molecule has 3 N–H and O–H groups in total. The minimum absolute atomic E-state index is 0.275. The molecule has 16 heavy (non-hydrogen) atoms. The molecule has 1 saturated heterocycles. The van der Waals surface area contributed by atoms with Gasteiger partial charge in [0.25, 0.3) is 0 Å². The molecule has 2 rings (SSSR count). The average Bonchev–Trinajstić information content (AvgIpc) is 2.43. The molecule has 0 spiro atoms. The predicted octanol–water partition coefficient (Wildman–Crippen LogP) is 0.935. The van der Waals surface area contributed by atoms with Gasteiger partial charge in [0.1, 0.15) is 0 Å². The zero-order chi connectivity index (χ0) is 11.4. The minimum atomic E-state index is -0.299. The van der Waals surface area contributed by atoms with Crippen LogP contribution in [-0.2, 0) is 11.2 Å². The molecule has 0 bridgehead atoms. The van der Waals surface area contributed by atoms with Crippen LogP contribution in [0.4, 0.5) is 0 Å². The molecule has 1 aliphatic rings. The molecular formula is C13H20N2O. The van der Waals surface area contributed by atoms with Gasteiger partial charge in [-0.25, -0.2) is 0 Å². The van der Waals surface area contributed by atoms with Crippen molar-refractivity contribution in [1.29, 1.82) is 0 Å². The number of hydrogen-bond acceptors (Lipinski definition) is 3. The van der Waals surface area contributed by atoms with Crippen molar-refractivity contribution in [3.8, 4) is 0 Å². The maximum Gasteiger partial charge on any atom is 0.0659 e. The van der Waals surface area contributed by atoms with Crippen molar-refractivity contribution in [2.45, 2.75) is 24.9 Å². The van der Waals surface area contributed by atoms with Crippen molar-refractivity contribution in [3.63, 3.8) is 0 Å². The van der Waals surface area contributed by atoms with E-state index in [-0.39, 0.29) is 11.6 Å². The zero-order valence-electron chi connectivity index (χ0n) is 9.78. The van der Waals surface area contributed by atoms with E-state index in [0.717, 1.165) is 19.6 Å². The van der Waals surface area contributed by atoms with Gasteiger partial charge in [0.05, 0.1) is 18.8 Å². The standard InChI is InChI=1S/C13H20N2O/c1-13(14)10-16-8-7-15-12(13)9-11-5-3-2-4-6-11/h2-6,12,15H,7-10,14H2,1H3. The van der Waals surface area contributed by atoms with Gasteiger partial charge in [0, 0.05) is 12.6 Å². The van der Waals surface area contributed by atoms with E-state index in [1.165, 1.54) is 5.56 Å². The summed E-state index contributed by atoms with van der Waals surface area (Å²) >= 11 is 0. The highest BCUT2D eigenvalue weighted by Gasteiger charge is 2.31. The van der Waals surface area contributed by atoms with Gasteiger partial charge in [-0.05, 0) is 18.9 Å². The van der Waals surface area contributed by atoms with E-state index < -0.39 is 0 Å². The van der Waals surface area contributed by atoms with Crippen molar-refractivity contribution in [2.24, 2.45) is 5.73 Å². The summed E-state index contributed by atoms with van der Waals surface area (Å²) in [5.74, 6) is 0. The molecule has 2 unspecified atom stereocenters. The number of hydrogen-bond donors (Lipinski definition) is 2. The molecule has 0 saturated carbocycles. The largest absolute Gasteiger partial charge is 0.378 e. The van der Waals surface area contributed by atoms with Gasteiger partial charge < -0.3 is 15.8 Å². The summed E-state index contributed by atoms with van der Waals surface area (Å²) < 4.78 is 5.49. The third-order valence-electron chi connectivity index (χ3n) is 3.13. The van der Waals surface area contributed by atoms with Gasteiger partial charge >= 0.3 is 0 Å². The van der Waals surface area contributed by atoms with Gasteiger partial charge in [0.2, 0.25) is 0 Å². The summed E-state index contributed by atoms with van der Waals surface area (Å²) in [5.41, 5.74) is 7.30. The molecular weight excluding hydrogens is 200 g/mol. The van der Waals surface area contributed by atoms with E-state index in [1.54, 1.807) is 0 Å². The normalized spacial score (nSPS) is 31.0. The highest BCUT2D eigenvalue weighted by molar-refractivity contribution is 5.17. The van der Waals surface area contributed by atoms with Crippen molar-refractivity contribution in [1.82, 2.24) is 5.32 Å². The van der Waals surface area contributed by atoms with Crippen LogP contribution in [0.5, 0.6) is 0 Å². The number of nitrogens with two attached hydrogens (primary N) is 1. The van der Waals surface area contributed by atoms with Crippen molar-refractivity contribution in [2.75, 3.05) is 19.8 Å². The molecule has 88 valence electrons. The lowest BCUT2D eigenvalue weighted by Crippen LogP contribution is -2.57. The Morgan fingerprint density at radius 3 is 2.94 bits per heavy atom. The predicted molar refractivity (Wildman–Crippen MR) is 65.3 cm³/mol. The lowest BCUT2D eigenvalue weighted by molar-refractivity contribution is 0.107. The van der Waals surface area contributed by atoms with Crippen LogP contribution in [-0.4, -0.2) is 31.3 Å². The number of rotatable bonds is 2. The minimum Gasteiger partial charge on any atom is -0.378 e. The first-order valence-corrected chi connectivity index (χ1v) is 5.82. The fraction of sp³-hybridized carbons (Fsp3) is 0.538. The van der Waals surface area contributed by atoms with Crippen molar-refractivity contribution >= 4 is 0 Å². The van der Waals surface area contributed by atoms with Crippen LogP contribution in [0.25, 0.3) is 0 Å². The average molecular weight is 220 g/mol. The highest BCUT2D eigenvalue weighted by Crippen LogP contribution is 2.15. The molecule has 1 aromatic rings. The van der Waals surface area contributed by atoms with Crippen LogP contribution in [0.2, 0.25) is 0 Å². The summed E-state index contributed by atoms with van der Waals surface area (Å²) in [6, 6.07) is 10.7. The van der Waals surface area contributed by atoms with Gasteiger partial charge in [-0.15, -0.1) is 0 Å². The quantitative estimate of drug-likeness (QED) is 0.779. The Labute approximate surface area is 97.0 Å². The smallest absolute Gasteiger partial charge is 0.0659 e. The Hall–Kier alpha value is -0.900. The zero-order valence-corrected chi connectivity index (χ0v) is 9.78. The van der Waals surface area contributed by atoms with Crippen molar-refractivity contribution in [3.05, 3.63) is 35.9 Å². The molecule has 1 aromatic carbocycles. The first-order valence-electron chi connectivity index (χ1n) is 5.82. The number of benzene rings is 1. The van der Waals surface area contributed by atoms with Crippen LogP contribution in [0, 0.1) is 0 Å². The van der Waals surface area contributed by atoms with Crippen LogP contribution >= 0.6 is 0 Å². The van der Waals surface area contributed by atoms with Crippen LogP contribution in [0.1, 0.15) is 12.5 Å². The lowest BCUT2D eigenvalue weighted by Gasteiger charge is -2.32. The number of nitrogens with one attached hydrogen (secondary N) is 1. The molecule has 1 heterocycles. The second-order valence-corrected chi connectivity index (χ2v) is 4.75. The van der Waals surface area contributed by atoms with E-state index in [9.17, 15) is 0 Å². The van der Waals surface area contributed by atoms with E-state index in [4.69, 9.17) is 10.5 Å². The summed E-state index contributed by atoms with van der Waals surface area (Å²) in [6.45, 7) is 4.30. The molecule has 0 aliphatic carbocycles. The second-order valence-electron chi connectivity index (χ2n) is 4.75. The Morgan fingerprint density at radius 2 is 2.19 bits per heavy atom. The monoisotopic (exact) mass is 220 g/mol. The molecule has 1 aliphatic heterocycles. The Balaban J connectivity index is 2.07. The highest BCUT2D eigenvalue weighted by atomic mass is 16.5. The molecule has 2 atom stereocenters. The maximum absolute atomic E-state index is 6.28. The Bertz CT molecular complexity index is 324. The van der Waals surface area contributed by atoms with Gasteiger partial charge in [-0.3, -0.25) is 0 Å². The molecule has 0 radical (unpaired) electrons. The van der Waals surface area contributed by atoms with E-state index >= 15 is 0 Å².